The van der Waals surface area contributed by atoms with Crippen molar-refractivity contribution in [3.05, 3.63) is 0 Å². The topological polar surface area (TPSA) is 50.4 Å². The van der Waals surface area contributed by atoms with Gasteiger partial charge < -0.3 is 15.4 Å². The van der Waals surface area contributed by atoms with Crippen LogP contribution in [0.1, 0.15) is 135 Å². The highest BCUT2D eigenvalue weighted by atomic mass is 16.5. The molecule has 178 valence electrons. The normalized spacial score (nSPS) is 34.2. The lowest BCUT2D eigenvalue weighted by atomic mass is 9.44. The number of carbonyl (C=O) groups is 1. The molecular weight excluding hydrogens is 384 g/mol. The molecule has 5 aliphatic carbocycles. The van der Waals surface area contributed by atoms with Crippen molar-refractivity contribution < 1.29 is 9.53 Å². The fraction of sp³-hybridized carbons (Fsp3) is 0.963. The van der Waals surface area contributed by atoms with Crippen LogP contribution in [0.25, 0.3) is 0 Å². The fourth-order valence-electron chi connectivity index (χ4n) is 6.92. The maximum absolute atomic E-state index is 12.6. The molecule has 31 heavy (non-hydrogen) atoms. The Morgan fingerprint density at radius 2 is 1.10 bits per heavy atom. The Morgan fingerprint density at radius 3 is 1.61 bits per heavy atom. The molecule has 0 unspecified atom stereocenters. The largest absolute Gasteiger partial charge is 0.368 e. The molecule has 0 atom stereocenters. The summed E-state index contributed by atoms with van der Waals surface area (Å²) >= 11 is 0. The van der Waals surface area contributed by atoms with Crippen molar-refractivity contribution >= 4 is 5.91 Å². The van der Waals surface area contributed by atoms with Gasteiger partial charge in [0.15, 0.2) is 0 Å². The summed E-state index contributed by atoms with van der Waals surface area (Å²) in [6.07, 6.45) is 27.8. The molecule has 5 saturated carbocycles. The Kier molecular flexibility index (Phi) is 8.73. The van der Waals surface area contributed by atoms with Gasteiger partial charge in [0, 0.05) is 17.1 Å². The molecule has 5 rings (SSSR count). The zero-order valence-corrected chi connectivity index (χ0v) is 20.0. The van der Waals surface area contributed by atoms with E-state index >= 15 is 0 Å². The van der Waals surface area contributed by atoms with Crippen LogP contribution in [0.4, 0.5) is 0 Å². The SMILES string of the molecule is O=C(COC1CCCCCCCCCC1)NC12CC(NC3CCCCCCCC3)(C1)C2. The number of rotatable bonds is 6. The lowest BCUT2D eigenvalue weighted by molar-refractivity contribution is -0.149. The van der Waals surface area contributed by atoms with Crippen LogP contribution < -0.4 is 10.6 Å². The third-order valence-electron chi connectivity index (χ3n) is 8.55. The Balaban J connectivity index is 1.13. The predicted molar refractivity (Wildman–Crippen MR) is 127 cm³/mol. The van der Waals surface area contributed by atoms with E-state index in [1.807, 2.05) is 0 Å². The van der Waals surface area contributed by atoms with Gasteiger partial charge in [-0.2, -0.15) is 0 Å². The first-order valence-corrected chi connectivity index (χ1v) is 13.9. The first-order chi connectivity index (χ1) is 15.2. The third-order valence-corrected chi connectivity index (χ3v) is 8.55. The summed E-state index contributed by atoms with van der Waals surface area (Å²) in [5, 5.41) is 7.37. The molecule has 1 amide bonds. The van der Waals surface area contributed by atoms with E-state index in [9.17, 15) is 4.79 Å². The average Bonchev–Trinajstić information content (AvgIpc) is 2.79. The van der Waals surface area contributed by atoms with Crippen molar-refractivity contribution in [3.8, 4) is 0 Å². The molecule has 2 N–H and O–H groups in total. The van der Waals surface area contributed by atoms with Crippen LogP contribution >= 0.6 is 0 Å². The third kappa shape index (κ3) is 6.93. The summed E-state index contributed by atoms with van der Waals surface area (Å²) in [5.41, 5.74) is 0.419. The summed E-state index contributed by atoms with van der Waals surface area (Å²) in [4.78, 5) is 12.6. The van der Waals surface area contributed by atoms with Gasteiger partial charge in [0.1, 0.15) is 6.61 Å². The van der Waals surface area contributed by atoms with Crippen molar-refractivity contribution in [2.45, 2.75) is 158 Å². The highest BCUT2D eigenvalue weighted by Crippen LogP contribution is 2.60. The molecule has 0 aromatic rings. The van der Waals surface area contributed by atoms with Crippen molar-refractivity contribution in [1.29, 1.82) is 0 Å². The van der Waals surface area contributed by atoms with Gasteiger partial charge in [-0.3, -0.25) is 4.79 Å². The molecule has 0 aromatic heterocycles. The lowest BCUT2D eigenvalue weighted by Gasteiger charge is -2.71. The van der Waals surface area contributed by atoms with Gasteiger partial charge in [-0.05, 0) is 44.9 Å². The number of amides is 1. The molecule has 4 heteroatoms. The maximum atomic E-state index is 12.6. The summed E-state index contributed by atoms with van der Waals surface area (Å²) in [6, 6.07) is 0.701. The first kappa shape index (κ1) is 23.5. The molecule has 2 bridgehead atoms. The van der Waals surface area contributed by atoms with E-state index in [2.05, 4.69) is 10.6 Å². The lowest BCUT2D eigenvalue weighted by Crippen LogP contribution is -2.84. The smallest absolute Gasteiger partial charge is 0.246 e. The average molecular weight is 433 g/mol. The van der Waals surface area contributed by atoms with Gasteiger partial charge in [0.2, 0.25) is 5.91 Å². The second kappa shape index (κ2) is 11.5. The summed E-state index contributed by atoms with van der Waals surface area (Å²) in [6.45, 7) is 0.259. The van der Waals surface area contributed by atoms with Crippen molar-refractivity contribution in [3.63, 3.8) is 0 Å². The number of carbonyl (C=O) groups excluding carboxylic acids is 1. The Bertz CT molecular complexity index is 522. The standard InChI is InChI=1S/C27H48N2O2/c30-25(19-31-24-17-13-9-3-1-2-4-10-14-18-24)29-27-20-26(21-27,22-27)28-23-15-11-7-5-6-8-12-16-23/h23-24,28H,1-22H2,(H,29,30). The zero-order chi connectivity index (χ0) is 21.4. The first-order valence-electron chi connectivity index (χ1n) is 13.9. The summed E-state index contributed by atoms with van der Waals surface area (Å²) in [7, 11) is 0. The quantitative estimate of drug-likeness (QED) is 0.528. The van der Waals surface area contributed by atoms with Crippen molar-refractivity contribution in [2.24, 2.45) is 0 Å². The molecule has 0 saturated heterocycles. The van der Waals surface area contributed by atoms with Gasteiger partial charge in [0.25, 0.3) is 0 Å². The van der Waals surface area contributed by atoms with Gasteiger partial charge in [-0.1, -0.05) is 89.9 Å². The van der Waals surface area contributed by atoms with Crippen LogP contribution in [0.3, 0.4) is 0 Å². The monoisotopic (exact) mass is 432 g/mol. The van der Waals surface area contributed by atoms with Crippen LogP contribution in [0, 0.1) is 0 Å². The van der Waals surface area contributed by atoms with Crippen LogP contribution in [0.2, 0.25) is 0 Å². The second-order valence-electron chi connectivity index (χ2n) is 11.5. The van der Waals surface area contributed by atoms with E-state index in [4.69, 9.17) is 4.74 Å². The Labute approximate surface area is 191 Å². The predicted octanol–water partition coefficient (Wildman–Crippen LogP) is 6.17. The van der Waals surface area contributed by atoms with E-state index in [0.717, 1.165) is 32.1 Å². The summed E-state index contributed by atoms with van der Waals surface area (Å²) in [5.74, 6) is 0.116. The number of nitrogens with one attached hydrogen (secondary N) is 2. The number of ether oxygens (including phenoxy) is 1. The van der Waals surface area contributed by atoms with Gasteiger partial charge >= 0.3 is 0 Å². The minimum atomic E-state index is 0.0835. The van der Waals surface area contributed by atoms with Gasteiger partial charge in [-0.25, -0.2) is 0 Å². The van der Waals surface area contributed by atoms with Crippen LogP contribution in [-0.2, 0) is 9.53 Å². The van der Waals surface area contributed by atoms with Crippen LogP contribution in [0.5, 0.6) is 0 Å². The van der Waals surface area contributed by atoms with Gasteiger partial charge in [-0.15, -0.1) is 0 Å². The molecule has 0 aliphatic heterocycles. The highest BCUT2D eigenvalue weighted by Gasteiger charge is 2.68. The summed E-state index contributed by atoms with van der Waals surface area (Å²) < 4.78 is 6.11. The molecule has 0 heterocycles. The zero-order valence-electron chi connectivity index (χ0n) is 20.0. The second-order valence-corrected chi connectivity index (χ2v) is 11.5. The Hall–Kier alpha value is -0.610. The molecule has 4 nitrogen and oxygen atoms in total. The molecule has 0 aromatic carbocycles. The van der Waals surface area contributed by atoms with Crippen molar-refractivity contribution in [2.75, 3.05) is 6.61 Å². The minimum absolute atomic E-state index is 0.0835. The van der Waals surface area contributed by atoms with E-state index in [1.165, 1.54) is 103 Å². The van der Waals surface area contributed by atoms with Crippen molar-refractivity contribution in [1.82, 2.24) is 10.6 Å². The highest BCUT2D eigenvalue weighted by molar-refractivity contribution is 5.79. The van der Waals surface area contributed by atoms with E-state index < -0.39 is 0 Å². The molecular formula is C27H48N2O2. The molecule has 5 fully saturated rings. The minimum Gasteiger partial charge on any atom is -0.368 e. The number of hydrogen-bond acceptors (Lipinski definition) is 3. The van der Waals surface area contributed by atoms with Gasteiger partial charge in [0.05, 0.1) is 6.10 Å². The molecule has 5 aliphatic rings. The maximum Gasteiger partial charge on any atom is 0.246 e. The number of hydrogen-bond donors (Lipinski definition) is 2. The fourth-order valence-corrected chi connectivity index (χ4v) is 6.92. The van der Waals surface area contributed by atoms with E-state index in [-0.39, 0.29) is 24.2 Å². The van der Waals surface area contributed by atoms with E-state index in [1.54, 1.807) is 0 Å². The Morgan fingerprint density at radius 1 is 0.645 bits per heavy atom. The van der Waals surface area contributed by atoms with E-state index in [0.29, 0.717) is 11.6 Å². The van der Waals surface area contributed by atoms with Crippen LogP contribution in [-0.4, -0.2) is 35.7 Å². The molecule has 0 spiro atoms. The molecule has 0 radical (unpaired) electrons. The van der Waals surface area contributed by atoms with Crippen LogP contribution in [0.15, 0.2) is 0 Å².